The van der Waals surface area contributed by atoms with Gasteiger partial charge in [0.1, 0.15) is 23.4 Å². The molecule has 14 nitrogen and oxygen atoms in total. The summed E-state index contributed by atoms with van der Waals surface area (Å²) in [6, 6.07) is 14.7. The smallest absolute Gasteiger partial charge is 0.274 e. The number of nitrogens with zero attached hydrogens (tertiary/aromatic N) is 7. The van der Waals surface area contributed by atoms with Gasteiger partial charge in [0.25, 0.3) is 5.91 Å². The number of piperidine rings is 1. The number of halogens is 2. The van der Waals surface area contributed by atoms with Gasteiger partial charge in [-0.3, -0.25) is 34.2 Å². The zero-order chi connectivity index (χ0) is 43.4. The lowest BCUT2D eigenvalue weighted by atomic mass is 9.73. The fourth-order valence-corrected chi connectivity index (χ4v) is 10.3. The number of ether oxygens (including phenoxy) is 1. The number of carbonyl (C=O) groups is 3. The first kappa shape index (κ1) is 41.7. The molecule has 324 valence electrons. The summed E-state index contributed by atoms with van der Waals surface area (Å²) in [5.74, 6) is -3.92. The van der Waals surface area contributed by atoms with Crippen molar-refractivity contribution in [2.45, 2.75) is 107 Å². The lowest BCUT2D eigenvalue weighted by Crippen LogP contribution is -2.62. The van der Waals surface area contributed by atoms with Gasteiger partial charge < -0.3 is 15.2 Å². The highest BCUT2D eigenvalue weighted by molar-refractivity contribution is 6.05. The van der Waals surface area contributed by atoms with E-state index in [2.05, 4.69) is 31.6 Å². The summed E-state index contributed by atoms with van der Waals surface area (Å²) in [4.78, 5) is 42.6. The molecule has 2 aromatic carbocycles. The third kappa shape index (κ3) is 7.98. The van der Waals surface area contributed by atoms with Gasteiger partial charge in [0.15, 0.2) is 0 Å². The van der Waals surface area contributed by atoms with Crippen molar-refractivity contribution in [2.24, 2.45) is 0 Å². The Labute approximate surface area is 357 Å². The number of carbonyl (C=O) groups excluding carboxylic acids is 3. The van der Waals surface area contributed by atoms with E-state index in [-0.39, 0.29) is 42.4 Å². The summed E-state index contributed by atoms with van der Waals surface area (Å²) in [5, 5.41) is 35.7. The van der Waals surface area contributed by atoms with E-state index in [0.717, 1.165) is 69.1 Å². The van der Waals surface area contributed by atoms with Gasteiger partial charge in [0.2, 0.25) is 11.8 Å². The molecule has 62 heavy (non-hydrogen) atoms. The third-order valence-electron chi connectivity index (χ3n) is 13.6. The highest BCUT2D eigenvalue weighted by atomic mass is 19.1. The van der Waals surface area contributed by atoms with Gasteiger partial charge in [-0.05, 0) is 113 Å². The summed E-state index contributed by atoms with van der Waals surface area (Å²) in [6.07, 6.45) is 9.11. The summed E-state index contributed by atoms with van der Waals surface area (Å²) in [5.41, 5.74) is 2.16. The maximum absolute atomic E-state index is 15.3. The molecule has 2 aliphatic carbocycles. The van der Waals surface area contributed by atoms with Crippen LogP contribution in [0, 0.1) is 23.0 Å². The lowest BCUT2D eigenvalue weighted by Gasteiger charge is -2.52. The monoisotopic (exact) mass is 847 g/mol. The number of piperazine rings is 1. The topological polar surface area (TPSA) is 170 Å². The molecule has 4 aliphatic rings. The first-order chi connectivity index (χ1) is 29.8. The number of methoxy groups -OCH3 is 1. The number of nitriles is 1. The molecule has 4 fully saturated rings. The van der Waals surface area contributed by atoms with E-state index in [1.807, 2.05) is 23.0 Å². The maximum atomic E-state index is 15.3. The second kappa shape index (κ2) is 16.6. The van der Waals surface area contributed by atoms with E-state index < -0.39 is 40.9 Å². The number of benzene rings is 2. The molecule has 3 N–H and O–H groups in total. The largest absolute Gasteiger partial charge is 0.386 e. The van der Waals surface area contributed by atoms with E-state index in [1.165, 1.54) is 22.8 Å². The van der Waals surface area contributed by atoms with Gasteiger partial charge in [0, 0.05) is 79.7 Å². The molecule has 2 saturated heterocycles. The Morgan fingerprint density at radius 2 is 1.76 bits per heavy atom. The predicted molar refractivity (Wildman–Crippen MR) is 225 cm³/mol. The number of hydrogen-bond acceptors (Lipinski definition) is 10. The Hall–Kier alpha value is -5.60. The van der Waals surface area contributed by atoms with Crippen molar-refractivity contribution in [2.75, 3.05) is 38.7 Å². The molecule has 2 aliphatic heterocycles. The van der Waals surface area contributed by atoms with Crippen LogP contribution in [0.3, 0.4) is 0 Å². The number of rotatable bonds is 10. The normalized spacial score (nSPS) is 25.1. The van der Waals surface area contributed by atoms with Crippen LogP contribution < -0.4 is 10.6 Å². The fourth-order valence-electron chi connectivity index (χ4n) is 10.3. The molecule has 5 heterocycles. The molecule has 2 saturated carbocycles. The van der Waals surface area contributed by atoms with Crippen LogP contribution in [-0.2, 0) is 19.9 Å². The fraction of sp³-hybridized carbons (Fsp3) is 0.478. The Bertz CT molecular complexity index is 2580. The van der Waals surface area contributed by atoms with Crippen LogP contribution in [0.25, 0.3) is 16.4 Å². The SMILES string of the molecule is COC[C@H]1CN(C2CCC(n3cc4cc(NC(=O)c5ccc6cc(C#N)cnn56)c(C(C)(C)O)cc4n3)CC2)CCN1C1CC(c2cc(F)c([C@H]3CCC(=O)NC3=O)c(F)c2)C1. The van der Waals surface area contributed by atoms with Crippen LogP contribution >= 0.6 is 0 Å². The van der Waals surface area contributed by atoms with Crippen molar-refractivity contribution >= 4 is 39.8 Å². The van der Waals surface area contributed by atoms with Crippen LogP contribution in [0.2, 0.25) is 0 Å². The standard InChI is InChI=1S/C46H51F2N9O5/c1-46(2,61)36-20-39-29(19-40(36)51-45(60)41-10-8-32-14-26(21-49)22-50-57(32)41)23-56(53-39)31-6-4-30(5-7-31)54-12-13-55(34(24-54)25-62-3)33-15-27(16-33)28-17-37(47)43(38(48)18-28)35-9-11-42(58)52-44(35)59/h8,10,14,17-20,22-23,27,30-31,33-35,61H,4-7,9,11-13,15-16,24-25H2,1-3H3,(H,51,60)(H,52,58,59)/t27?,30?,31?,33?,34-,35-/m1/s1. The predicted octanol–water partition coefficient (Wildman–Crippen LogP) is 5.90. The molecule has 16 heteroatoms. The summed E-state index contributed by atoms with van der Waals surface area (Å²) in [6.45, 7) is 6.64. The minimum Gasteiger partial charge on any atom is -0.386 e. The highest BCUT2D eigenvalue weighted by Crippen LogP contribution is 2.44. The molecule has 0 bridgehead atoms. The second-order valence-corrected chi connectivity index (χ2v) is 18.0. The van der Waals surface area contributed by atoms with E-state index in [9.17, 15) is 24.8 Å². The maximum Gasteiger partial charge on any atom is 0.274 e. The third-order valence-corrected chi connectivity index (χ3v) is 13.6. The number of anilines is 1. The number of amides is 3. The highest BCUT2D eigenvalue weighted by Gasteiger charge is 2.42. The van der Waals surface area contributed by atoms with E-state index in [0.29, 0.717) is 46.2 Å². The Balaban J connectivity index is 0.819. The average molecular weight is 848 g/mol. The Morgan fingerprint density at radius 3 is 2.45 bits per heavy atom. The number of hydrogen-bond donors (Lipinski definition) is 3. The lowest BCUT2D eigenvalue weighted by molar-refractivity contribution is -0.134. The van der Waals surface area contributed by atoms with Crippen LogP contribution in [0.5, 0.6) is 0 Å². The molecule has 0 spiro atoms. The Kier molecular flexibility index (Phi) is 11.2. The molecule has 3 aromatic heterocycles. The number of imide groups is 1. The minimum absolute atomic E-state index is 0.0194. The van der Waals surface area contributed by atoms with Crippen molar-refractivity contribution in [3.63, 3.8) is 0 Å². The van der Waals surface area contributed by atoms with Crippen molar-refractivity contribution in [3.05, 3.63) is 94.4 Å². The van der Waals surface area contributed by atoms with Crippen LogP contribution in [0.1, 0.15) is 116 Å². The van der Waals surface area contributed by atoms with Gasteiger partial charge in [-0.2, -0.15) is 15.5 Å². The summed E-state index contributed by atoms with van der Waals surface area (Å²) >= 11 is 0. The van der Waals surface area contributed by atoms with Crippen LogP contribution in [-0.4, -0.2) is 103 Å². The molecule has 3 amide bonds. The summed E-state index contributed by atoms with van der Waals surface area (Å²) < 4.78 is 39.9. The quantitative estimate of drug-likeness (QED) is 0.144. The molecule has 0 radical (unpaired) electrons. The first-order valence-corrected chi connectivity index (χ1v) is 21.5. The summed E-state index contributed by atoms with van der Waals surface area (Å²) in [7, 11) is 1.73. The molecular weight excluding hydrogens is 797 g/mol. The van der Waals surface area contributed by atoms with Crippen LogP contribution in [0.15, 0.2) is 54.9 Å². The van der Waals surface area contributed by atoms with Crippen molar-refractivity contribution < 1.29 is 33.0 Å². The number of aromatic nitrogens is 4. The van der Waals surface area contributed by atoms with E-state index in [1.54, 1.807) is 39.2 Å². The van der Waals surface area contributed by atoms with Gasteiger partial charge >= 0.3 is 0 Å². The van der Waals surface area contributed by atoms with Gasteiger partial charge in [-0.15, -0.1) is 0 Å². The molecular formula is C46H51F2N9O5. The Morgan fingerprint density at radius 1 is 1.02 bits per heavy atom. The zero-order valence-corrected chi connectivity index (χ0v) is 35.1. The zero-order valence-electron chi connectivity index (χ0n) is 35.1. The first-order valence-electron chi connectivity index (χ1n) is 21.5. The number of aliphatic hydroxyl groups is 1. The van der Waals surface area contributed by atoms with Gasteiger partial charge in [0.05, 0.1) is 47.0 Å². The minimum atomic E-state index is -1.27. The van der Waals surface area contributed by atoms with Crippen molar-refractivity contribution in [1.82, 2.24) is 34.5 Å². The van der Waals surface area contributed by atoms with E-state index >= 15 is 8.78 Å². The van der Waals surface area contributed by atoms with Gasteiger partial charge in [-0.25, -0.2) is 13.3 Å². The number of nitrogens with one attached hydrogen (secondary N) is 2. The van der Waals surface area contributed by atoms with Crippen molar-refractivity contribution in [1.29, 1.82) is 5.26 Å². The molecule has 5 aromatic rings. The molecule has 0 unspecified atom stereocenters. The second-order valence-electron chi connectivity index (χ2n) is 18.0. The molecule has 2 atom stereocenters. The average Bonchev–Trinajstić information content (AvgIpc) is 3.85. The van der Waals surface area contributed by atoms with Crippen LogP contribution in [0.4, 0.5) is 14.5 Å². The van der Waals surface area contributed by atoms with E-state index in [4.69, 9.17) is 9.84 Å². The number of fused-ring (bicyclic) bond motifs is 2. The van der Waals surface area contributed by atoms with Gasteiger partial charge in [-0.1, -0.05) is 0 Å². The molecule has 9 rings (SSSR count). The van der Waals surface area contributed by atoms with Crippen molar-refractivity contribution in [3.8, 4) is 6.07 Å².